The van der Waals surface area contributed by atoms with E-state index in [0.717, 1.165) is 57.9 Å². The van der Waals surface area contributed by atoms with Crippen molar-refractivity contribution < 1.29 is 4.79 Å². The second-order valence-corrected chi connectivity index (χ2v) is 8.20. The van der Waals surface area contributed by atoms with Gasteiger partial charge < -0.3 is 14.7 Å². The van der Waals surface area contributed by atoms with Crippen LogP contribution in [-0.4, -0.2) is 60.0 Å². The summed E-state index contributed by atoms with van der Waals surface area (Å²) in [4.78, 5) is 28.7. The van der Waals surface area contributed by atoms with Crippen LogP contribution >= 0.6 is 0 Å². The standard InChI is InChI=1S/C23H31N5O/c1-17-8-7-9-21(18(17)2)26-12-14-27(15-13-26)22-16-20(24-19(3)25-22)23(29)28-10-5-4-6-11-28/h7-9,16H,4-6,10-15H2,1-3H3. The van der Waals surface area contributed by atoms with Gasteiger partial charge in [-0.25, -0.2) is 9.97 Å². The van der Waals surface area contributed by atoms with Gasteiger partial charge in [-0.3, -0.25) is 4.79 Å². The number of aromatic nitrogens is 2. The fourth-order valence-corrected chi connectivity index (χ4v) is 4.34. The van der Waals surface area contributed by atoms with Crippen LogP contribution in [0.1, 0.15) is 46.7 Å². The number of piperazine rings is 1. The van der Waals surface area contributed by atoms with Crippen molar-refractivity contribution in [2.45, 2.75) is 40.0 Å². The zero-order valence-electron chi connectivity index (χ0n) is 17.8. The number of rotatable bonds is 3. The van der Waals surface area contributed by atoms with E-state index in [0.29, 0.717) is 11.5 Å². The molecule has 2 aliphatic rings. The van der Waals surface area contributed by atoms with Gasteiger partial charge in [0.1, 0.15) is 17.3 Å². The molecule has 1 amide bonds. The zero-order chi connectivity index (χ0) is 20.4. The number of hydrogen-bond acceptors (Lipinski definition) is 5. The maximum Gasteiger partial charge on any atom is 0.272 e. The van der Waals surface area contributed by atoms with E-state index in [-0.39, 0.29) is 5.91 Å². The van der Waals surface area contributed by atoms with Crippen molar-refractivity contribution >= 4 is 17.4 Å². The van der Waals surface area contributed by atoms with E-state index in [1.165, 1.54) is 23.2 Å². The van der Waals surface area contributed by atoms with Gasteiger partial charge in [0.15, 0.2) is 0 Å². The van der Waals surface area contributed by atoms with Crippen LogP contribution in [0.2, 0.25) is 0 Å². The highest BCUT2D eigenvalue weighted by molar-refractivity contribution is 5.93. The third-order valence-corrected chi connectivity index (χ3v) is 6.21. The van der Waals surface area contributed by atoms with Gasteiger partial charge in [-0.05, 0) is 57.2 Å². The van der Waals surface area contributed by atoms with Crippen LogP contribution in [0.4, 0.5) is 11.5 Å². The third kappa shape index (κ3) is 4.21. The lowest BCUT2D eigenvalue weighted by Gasteiger charge is -2.37. The monoisotopic (exact) mass is 393 g/mol. The Hall–Kier alpha value is -2.63. The number of carbonyl (C=O) groups excluding carboxylic acids is 1. The molecule has 0 saturated carbocycles. The Balaban J connectivity index is 1.47. The predicted octanol–water partition coefficient (Wildman–Crippen LogP) is 3.35. The van der Waals surface area contributed by atoms with E-state index in [1.54, 1.807) is 0 Å². The van der Waals surface area contributed by atoms with E-state index in [1.807, 2.05) is 17.9 Å². The molecule has 0 N–H and O–H groups in total. The molecule has 0 spiro atoms. The highest BCUT2D eigenvalue weighted by atomic mass is 16.2. The first-order valence-electron chi connectivity index (χ1n) is 10.7. The van der Waals surface area contributed by atoms with Crippen molar-refractivity contribution in [3.8, 4) is 0 Å². The first-order valence-corrected chi connectivity index (χ1v) is 10.7. The van der Waals surface area contributed by atoms with Crippen LogP contribution in [0.15, 0.2) is 24.3 Å². The summed E-state index contributed by atoms with van der Waals surface area (Å²) in [7, 11) is 0. The van der Waals surface area contributed by atoms with E-state index >= 15 is 0 Å². The predicted molar refractivity (Wildman–Crippen MR) is 117 cm³/mol. The summed E-state index contributed by atoms with van der Waals surface area (Å²) in [6, 6.07) is 8.40. The van der Waals surface area contributed by atoms with Crippen LogP contribution < -0.4 is 9.80 Å². The number of hydrogen-bond donors (Lipinski definition) is 0. The molecule has 2 aliphatic heterocycles. The molecule has 1 aromatic carbocycles. The minimum atomic E-state index is 0.0467. The van der Waals surface area contributed by atoms with Gasteiger partial charge in [0.2, 0.25) is 0 Å². The van der Waals surface area contributed by atoms with Crippen molar-refractivity contribution in [3.63, 3.8) is 0 Å². The summed E-state index contributed by atoms with van der Waals surface area (Å²) in [6.45, 7) is 11.6. The first kappa shape index (κ1) is 19.7. The molecule has 0 atom stereocenters. The second-order valence-electron chi connectivity index (χ2n) is 8.20. The third-order valence-electron chi connectivity index (χ3n) is 6.21. The molecule has 0 bridgehead atoms. The highest BCUT2D eigenvalue weighted by Crippen LogP contribution is 2.25. The molecule has 2 saturated heterocycles. The molecule has 0 aliphatic carbocycles. The molecule has 2 fully saturated rings. The first-order chi connectivity index (χ1) is 14.0. The molecule has 2 aromatic rings. The summed E-state index contributed by atoms with van der Waals surface area (Å²) >= 11 is 0. The van der Waals surface area contributed by atoms with Gasteiger partial charge in [-0.2, -0.15) is 0 Å². The molecular formula is C23H31N5O. The van der Waals surface area contributed by atoms with Gasteiger partial charge >= 0.3 is 0 Å². The molecule has 3 heterocycles. The Morgan fingerprint density at radius 3 is 2.28 bits per heavy atom. The van der Waals surface area contributed by atoms with Crippen LogP contribution in [-0.2, 0) is 0 Å². The van der Waals surface area contributed by atoms with Crippen LogP contribution in [0.25, 0.3) is 0 Å². The van der Waals surface area contributed by atoms with E-state index < -0.39 is 0 Å². The van der Waals surface area contributed by atoms with Crippen LogP contribution in [0.5, 0.6) is 0 Å². The lowest BCUT2D eigenvalue weighted by atomic mass is 10.1. The molecule has 29 heavy (non-hydrogen) atoms. The average molecular weight is 394 g/mol. The fraction of sp³-hybridized carbons (Fsp3) is 0.522. The van der Waals surface area contributed by atoms with E-state index in [4.69, 9.17) is 0 Å². The number of aryl methyl sites for hydroxylation is 2. The molecule has 0 radical (unpaired) electrons. The largest absolute Gasteiger partial charge is 0.368 e. The van der Waals surface area contributed by atoms with Crippen molar-refractivity contribution in [2.75, 3.05) is 49.1 Å². The summed E-state index contributed by atoms with van der Waals surface area (Å²) < 4.78 is 0. The Bertz CT molecular complexity index is 883. The fourth-order valence-electron chi connectivity index (χ4n) is 4.34. The molecule has 4 rings (SSSR count). The van der Waals surface area contributed by atoms with Crippen LogP contribution in [0.3, 0.4) is 0 Å². The number of likely N-dealkylation sites (tertiary alicyclic amines) is 1. The minimum Gasteiger partial charge on any atom is -0.368 e. The molecule has 0 unspecified atom stereocenters. The highest BCUT2D eigenvalue weighted by Gasteiger charge is 2.24. The Morgan fingerprint density at radius 2 is 1.55 bits per heavy atom. The smallest absolute Gasteiger partial charge is 0.272 e. The normalized spacial score (nSPS) is 17.6. The van der Waals surface area contributed by atoms with Gasteiger partial charge in [-0.1, -0.05) is 12.1 Å². The minimum absolute atomic E-state index is 0.0467. The molecule has 6 nitrogen and oxygen atoms in total. The van der Waals surface area contributed by atoms with Gasteiger partial charge in [0.05, 0.1) is 0 Å². The molecule has 154 valence electrons. The van der Waals surface area contributed by atoms with Gasteiger partial charge in [0.25, 0.3) is 5.91 Å². The Kier molecular flexibility index (Phi) is 5.69. The summed E-state index contributed by atoms with van der Waals surface area (Å²) in [5.74, 6) is 1.59. The van der Waals surface area contributed by atoms with Crippen molar-refractivity contribution in [2.24, 2.45) is 0 Å². The molecule has 1 aromatic heterocycles. The maximum atomic E-state index is 12.9. The van der Waals surface area contributed by atoms with E-state index in [9.17, 15) is 4.79 Å². The quantitative estimate of drug-likeness (QED) is 0.800. The zero-order valence-corrected chi connectivity index (χ0v) is 17.8. The van der Waals surface area contributed by atoms with Gasteiger partial charge in [-0.15, -0.1) is 0 Å². The second kappa shape index (κ2) is 8.39. The number of amides is 1. The SMILES string of the molecule is Cc1nc(C(=O)N2CCCCC2)cc(N2CCN(c3cccc(C)c3C)CC2)n1. The topological polar surface area (TPSA) is 52.6 Å². The lowest BCUT2D eigenvalue weighted by molar-refractivity contribution is 0.0718. The number of anilines is 2. The number of nitrogens with zero attached hydrogens (tertiary/aromatic N) is 5. The summed E-state index contributed by atoms with van der Waals surface area (Å²) in [5, 5.41) is 0. The van der Waals surface area contributed by atoms with Gasteiger partial charge in [0, 0.05) is 51.0 Å². The summed E-state index contributed by atoms with van der Waals surface area (Å²) in [6.07, 6.45) is 3.38. The number of benzene rings is 1. The van der Waals surface area contributed by atoms with E-state index in [2.05, 4.69) is 51.8 Å². The van der Waals surface area contributed by atoms with Crippen LogP contribution in [0, 0.1) is 20.8 Å². The molecule has 6 heteroatoms. The van der Waals surface area contributed by atoms with Crippen molar-refractivity contribution in [1.82, 2.24) is 14.9 Å². The number of carbonyl (C=O) groups is 1. The van der Waals surface area contributed by atoms with Crippen molar-refractivity contribution in [1.29, 1.82) is 0 Å². The average Bonchev–Trinajstić information content (AvgIpc) is 2.75. The van der Waals surface area contributed by atoms with Crippen molar-refractivity contribution in [3.05, 3.63) is 46.9 Å². The Labute approximate surface area is 173 Å². The lowest BCUT2D eigenvalue weighted by Crippen LogP contribution is -2.47. The summed E-state index contributed by atoms with van der Waals surface area (Å²) in [5.41, 5.74) is 4.54. The maximum absolute atomic E-state index is 12.9. The molecular weight excluding hydrogens is 362 g/mol. The number of piperidine rings is 1. The Morgan fingerprint density at radius 1 is 0.862 bits per heavy atom.